The van der Waals surface area contributed by atoms with Crippen molar-refractivity contribution in [2.24, 2.45) is 0 Å². The molecule has 2 aromatic rings. The second-order valence-corrected chi connectivity index (χ2v) is 4.02. The minimum absolute atomic E-state index is 0.0631. The van der Waals surface area contributed by atoms with Crippen molar-refractivity contribution < 1.29 is 9.84 Å². The van der Waals surface area contributed by atoms with Crippen LogP contribution in [0, 0.1) is 0 Å². The van der Waals surface area contributed by atoms with Gasteiger partial charge in [-0.1, -0.05) is 37.3 Å². The third-order valence-electron chi connectivity index (χ3n) is 2.81. The number of rotatable bonds is 5. The van der Waals surface area contributed by atoms with Crippen molar-refractivity contribution in [2.45, 2.75) is 26.4 Å². The lowest BCUT2D eigenvalue weighted by molar-refractivity contribution is 0.0854. The highest BCUT2D eigenvalue weighted by Gasteiger charge is 2.19. The Morgan fingerprint density at radius 1 is 1.28 bits per heavy atom. The zero-order valence-electron chi connectivity index (χ0n) is 10.7. The van der Waals surface area contributed by atoms with Crippen molar-refractivity contribution in [2.75, 3.05) is 6.61 Å². The van der Waals surface area contributed by atoms with Gasteiger partial charge >= 0.3 is 0 Å². The van der Waals surface area contributed by atoms with Crippen LogP contribution >= 0.6 is 0 Å². The van der Waals surface area contributed by atoms with E-state index in [1.54, 1.807) is 0 Å². The fraction of sp³-hybridized carbons (Fsp3) is 0.357. The number of imidazole rings is 1. The van der Waals surface area contributed by atoms with Gasteiger partial charge in [0, 0.05) is 6.61 Å². The predicted molar refractivity (Wildman–Crippen MR) is 69.5 cm³/mol. The normalized spacial score (nSPS) is 12.6. The summed E-state index contributed by atoms with van der Waals surface area (Å²) in [6.07, 6.45) is 0.453. The zero-order chi connectivity index (χ0) is 13.0. The maximum Gasteiger partial charge on any atom is 0.232 e. The first-order valence-corrected chi connectivity index (χ1v) is 6.20. The lowest BCUT2D eigenvalue weighted by Gasteiger charge is -2.14. The SMILES string of the molecule is CCOC(c1ccccc1)c1nc(O)c(CC)[nH]1. The Morgan fingerprint density at radius 2 is 2.00 bits per heavy atom. The molecule has 0 spiro atoms. The summed E-state index contributed by atoms with van der Waals surface area (Å²) in [6, 6.07) is 9.87. The van der Waals surface area contributed by atoms with Gasteiger partial charge in [-0.25, -0.2) is 0 Å². The first kappa shape index (κ1) is 12.6. The molecule has 1 aromatic carbocycles. The number of hydrogen-bond acceptors (Lipinski definition) is 3. The van der Waals surface area contributed by atoms with Crippen LogP contribution in [0.1, 0.15) is 37.0 Å². The van der Waals surface area contributed by atoms with Crippen molar-refractivity contribution in [1.29, 1.82) is 0 Å². The number of hydrogen-bond donors (Lipinski definition) is 2. The van der Waals surface area contributed by atoms with Gasteiger partial charge in [-0.15, -0.1) is 0 Å². The van der Waals surface area contributed by atoms with Gasteiger partial charge in [0.05, 0.1) is 5.69 Å². The van der Waals surface area contributed by atoms with Crippen molar-refractivity contribution in [3.63, 3.8) is 0 Å². The van der Waals surface area contributed by atoms with Crippen molar-refractivity contribution >= 4 is 0 Å². The number of aromatic nitrogens is 2. The number of aryl methyl sites for hydroxylation is 1. The summed E-state index contributed by atoms with van der Waals surface area (Å²) in [7, 11) is 0. The summed E-state index contributed by atoms with van der Waals surface area (Å²) in [4.78, 5) is 7.28. The molecule has 0 aliphatic carbocycles. The summed E-state index contributed by atoms with van der Waals surface area (Å²) in [5, 5.41) is 9.70. The molecule has 4 heteroatoms. The Kier molecular flexibility index (Phi) is 3.99. The quantitative estimate of drug-likeness (QED) is 0.852. The third-order valence-corrected chi connectivity index (χ3v) is 2.81. The van der Waals surface area contributed by atoms with E-state index < -0.39 is 0 Å². The Balaban J connectivity index is 2.35. The number of H-pyrrole nitrogens is 1. The van der Waals surface area contributed by atoms with E-state index >= 15 is 0 Å². The largest absolute Gasteiger partial charge is 0.492 e. The molecule has 2 rings (SSSR count). The van der Waals surface area contributed by atoms with Gasteiger partial charge in [0.1, 0.15) is 11.9 Å². The second kappa shape index (κ2) is 5.69. The lowest BCUT2D eigenvalue weighted by atomic mass is 10.1. The maximum atomic E-state index is 9.70. The first-order chi connectivity index (χ1) is 8.76. The molecule has 0 saturated carbocycles. The number of aromatic amines is 1. The van der Waals surface area contributed by atoms with Crippen LogP contribution in [0.25, 0.3) is 0 Å². The molecular formula is C14H18N2O2. The molecule has 0 radical (unpaired) electrons. The molecule has 0 amide bonds. The molecule has 0 fully saturated rings. The van der Waals surface area contributed by atoms with Crippen LogP contribution in [0.5, 0.6) is 5.88 Å². The number of ether oxygens (including phenoxy) is 1. The molecular weight excluding hydrogens is 228 g/mol. The summed E-state index contributed by atoms with van der Waals surface area (Å²) < 4.78 is 5.72. The highest BCUT2D eigenvalue weighted by atomic mass is 16.5. The van der Waals surface area contributed by atoms with Crippen LogP contribution in [-0.2, 0) is 11.2 Å². The van der Waals surface area contributed by atoms with E-state index in [4.69, 9.17) is 4.74 Å². The van der Waals surface area contributed by atoms with E-state index in [0.717, 1.165) is 11.3 Å². The number of benzene rings is 1. The molecule has 2 N–H and O–H groups in total. The average molecular weight is 246 g/mol. The minimum Gasteiger partial charge on any atom is -0.492 e. The van der Waals surface area contributed by atoms with E-state index in [1.165, 1.54) is 0 Å². The molecule has 1 aromatic heterocycles. The van der Waals surface area contributed by atoms with E-state index in [-0.39, 0.29) is 12.0 Å². The van der Waals surface area contributed by atoms with Crippen molar-refractivity contribution in [3.05, 3.63) is 47.4 Å². The lowest BCUT2D eigenvalue weighted by Crippen LogP contribution is -2.08. The molecule has 0 saturated heterocycles. The molecule has 1 atom stereocenters. The summed E-state index contributed by atoms with van der Waals surface area (Å²) in [5.74, 6) is 0.713. The third kappa shape index (κ3) is 2.54. The fourth-order valence-corrected chi connectivity index (χ4v) is 1.92. The Bertz CT molecular complexity index is 494. The Morgan fingerprint density at radius 3 is 2.56 bits per heavy atom. The number of nitrogens with zero attached hydrogens (tertiary/aromatic N) is 1. The van der Waals surface area contributed by atoms with Gasteiger partial charge in [0.25, 0.3) is 0 Å². The molecule has 1 heterocycles. The van der Waals surface area contributed by atoms with Gasteiger partial charge in [-0.3, -0.25) is 0 Å². The fourth-order valence-electron chi connectivity index (χ4n) is 1.92. The zero-order valence-corrected chi connectivity index (χ0v) is 10.7. The molecule has 0 aliphatic heterocycles. The van der Waals surface area contributed by atoms with Crippen molar-refractivity contribution in [3.8, 4) is 5.88 Å². The van der Waals surface area contributed by atoms with E-state index in [9.17, 15) is 5.11 Å². The highest BCUT2D eigenvalue weighted by molar-refractivity contribution is 5.27. The Hall–Kier alpha value is -1.81. The molecule has 4 nitrogen and oxygen atoms in total. The smallest absolute Gasteiger partial charge is 0.232 e. The first-order valence-electron chi connectivity index (χ1n) is 6.20. The van der Waals surface area contributed by atoms with Crippen LogP contribution in [0.3, 0.4) is 0 Å². The molecule has 0 bridgehead atoms. The Labute approximate surface area is 107 Å². The van der Waals surface area contributed by atoms with Crippen LogP contribution in [0.4, 0.5) is 0 Å². The molecule has 96 valence electrons. The van der Waals surface area contributed by atoms with Crippen LogP contribution in [-0.4, -0.2) is 21.7 Å². The standard InChI is InChI=1S/C14H18N2O2/c1-3-11-14(17)16-13(15-11)12(18-4-2)10-8-6-5-7-9-10/h5-9,12,17H,3-4H2,1-2H3,(H,15,16). The molecule has 18 heavy (non-hydrogen) atoms. The van der Waals surface area contributed by atoms with Crippen LogP contribution in [0.15, 0.2) is 30.3 Å². The highest BCUT2D eigenvalue weighted by Crippen LogP contribution is 2.26. The van der Waals surface area contributed by atoms with Crippen molar-refractivity contribution in [1.82, 2.24) is 9.97 Å². The topological polar surface area (TPSA) is 58.1 Å². The van der Waals surface area contributed by atoms with Gasteiger partial charge in [-0.05, 0) is 18.9 Å². The van der Waals surface area contributed by atoms with Gasteiger partial charge in [0.2, 0.25) is 5.88 Å². The van der Waals surface area contributed by atoms with Gasteiger partial charge < -0.3 is 14.8 Å². The van der Waals surface area contributed by atoms with E-state index in [2.05, 4.69) is 9.97 Å². The van der Waals surface area contributed by atoms with Crippen LogP contribution in [0.2, 0.25) is 0 Å². The van der Waals surface area contributed by atoms with E-state index in [0.29, 0.717) is 18.9 Å². The monoisotopic (exact) mass is 246 g/mol. The van der Waals surface area contributed by atoms with Gasteiger partial charge in [-0.2, -0.15) is 4.98 Å². The summed E-state index contributed by atoms with van der Waals surface area (Å²) in [6.45, 7) is 4.50. The molecule has 0 aliphatic rings. The molecule has 1 unspecified atom stereocenters. The maximum absolute atomic E-state index is 9.70. The summed E-state index contributed by atoms with van der Waals surface area (Å²) >= 11 is 0. The van der Waals surface area contributed by atoms with Crippen LogP contribution < -0.4 is 0 Å². The summed E-state index contributed by atoms with van der Waals surface area (Å²) in [5.41, 5.74) is 1.77. The predicted octanol–water partition coefficient (Wildman–Crippen LogP) is 2.80. The van der Waals surface area contributed by atoms with E-state index in [1.807, 2.05) is 44.2 Å². The number of nitrogens with one attached hydrogen (secondary N) is 1. The number of aromatic hydroxyl groups is 1. The van der Waals surface area contributed by atoms with Gasteiger partial charge in [0.15, 0.2) is 0 Å². The minimum atomic E-state index is -0.262. The second-order valence-electron chi connectivity index (χ2n) is 4.02. The average Bonchev–Trinajstić information content (AvgIpc) is 2.78.